The van der Waals surface area contributed by atoms with Gasteiger partial charge >= 0.3 is 0 Å². The molecule has 0 N–H and O–H groups in total. The van der Waals surface area contributed by atoms with E-state index in [4.69, 9.17) is 4.74 Å². The molecule has 1 aliphatic rings. The van der Waals surface area contributed by atoms with E-state index in [9.17, 15) is 8.78 Å². The van der Waals surface area contributed by atoms with Crippen molar-refractivity contribution in [2.45, 2.75) is 103 Å². The summed E-state index contributed by atoms with van der Waals surface area (Å²) in [4.78, 5) is 0. The number of benzene rings is 3. The second kappa shape index (κ2) is 16.7. The molecule has 1 fully saturated rings. The van der Waals surface area contributed by atoms with Gasteiger partial charge in [0.25, 0.3) is 0 Å². The second-order valence-electron chi connectivity index (χ2n) is 12.0. The second-order valence-corrected chi connectivity index (χ2v) is 12.0. The molecule has 4 rings (SSSR count). The summed E-state index contributed by atoms with van der Waals surface area (Å²) in [5.41, 5.74) is 1.62. The smallest absolute Gasteiger partial charge is 0.201 e. The molecule has 0 bridgehead atoms. The molecular weight excluding hydrogens is 548 g/mol. The molecular formula is C38H46F4O. The fourth-order valence-corrected chi connectivity index (χ4v) is 6.32. The predicted octanol–water partition coefficient (Wildman–Crippen LogP) is 12.3. The summed E-state index contributed by atoms with van der Waals surface area (Å²) >= 11 is 0. The van der Waals surface area contributed by atoms with E-state index in [1.165, 1.54) is 63.5 Å². The van der Waals surface area contributed by atoms with E-state index >= 15 is 8.78 Å². The molecule has 43 heavy (non-hydrogen) atoms. The molecule has 0 unspecified atom stereocenters. The molecule has 0 spiro atoms. The monoisotopic (exact) mass is 594 g/mol. The molecule has 3 aromatic rings. The third-order valence-corrected chi connectivity index (χ3v) is 8.91. The van der Waals surface area contributed by atoms with Crippen molar-refractivity contribution in [3.8, 4) is 28.0 Å². The minimum absolute atomic E-state index is 0.0451. The van der Waals surface area contributed by atoms with Gasteiger partial charge in [0, 0.05) is 11.1 Å². The molecule has 0 atom stereocenters. The lowest BCUT2D eigenvalue weighted by Gasteiger charge is -2.29. The van der Waals surface area contributed by atoms with Crippen LogP contribution in [0.3, 0.4) is 0 Å². The minimum Gasteiger partial charge on any atom is -0.486 e. The van der Waals surface area contributed by atoms with Crippen LogP contribution in [0.2, 0.25) is 0 Å². The molecule has 3 aromatic carbocycles. The van der Waals surface area contributed by atoms with Gasteiger partial charge in [-0.2, -0.15) is 4.39 Å². The van der Waals surface area contributed by atoms with Crippen molar-refractivity contribution in [1.29, 1.82) is 0 Å². The summed E-state index contributed by atoms with van der Waals surface area (Å²) in [7, 11) is 0. The lowest BCUT2D eigenvalue weighted by molar-refractivity contribution is 0.297. The fraction of sp³-hybridized carbons (Fsp3) is 0.474. The highest BCUT2D eigenvalue weighted by Gasteiger charge is 2.26. The maximum absolute atomic E-state index is 15.3. The van der Waals surface area contributed by atoms with Crippen molar-refractivity contribution in [3.63, 3.8) is 0 Å². The Morgan fingerprint density at radius 1 is 0.628 bits per heavy atom. The molecule has 0 aromatic heterocycles. The standard InChI is InChI=1S/C38H46F4O/c1-3-5-7-8-9-10-11-13-27-14-16-28(17-15-27)31-22-23-32(36(40)35(31)39)29-18-20-30(21-19-29)33-24-25-34(38(42)37(33)41)43-26-12-6-4-2/h6,12,18-25,27-28H,3-5,7-11,13-17,26H2,1-2H3/b12-6+. The highest BCUT2D eigenvalue weighted by Crippen LogP contribution is 2.40. The molecule has 5 heteroatoms. The van der Waals surface area contributed by atoms with Crippen molar-refractivity contribution in [1.82, 2.24) is 0 Å². The summed E-state index contributed by atoms with van der Waals surface area (Å²) in [5, 5.41) is 0. The van der Waals surface area contributed by atoms with Crippen LogP contribution in [0.15, 0.2) is 60.7 Å². The largest absolute Gasteiger partial charge is 0.486 e. The van der Waals surface area contributed by atoms with Crippen molar-refractivity contribution >= 4 is 0 Å². The first kappa shape index (κ1) is 32.8. The van der Waals surface area contributed by atoms with Gasteiger partial charge in [0.2, 0.25) is 5.82 Å². The predicted molar refractivity (Wildman–Crippen MR) is 169 cm³/mol. The van der Waals surface area contributed by atoms with Gasteiger partial charge in [-0.15, -0.1) is 0 Å². The molecule has 232 valence electrons. The number of hydrogen-bond acceptors (Lipinski definition) is 1. The topological polar surface area (TPSA) is 9.23 Å². The molecule has 0 saturated heterocycles. The number of ether oxygens (including phenoxy) is 1. The molecule has 1 aliphatic carbocycles. The van der Waals surface area contributed by atoms with Crippen LogP contribution < -0.4 is 4.74 Å². The van der Waals surface area contributed by atoms with Crippen molar-refractivity contribution in [2.75, 3.05) is 6.61 Å². The van der Waals surface area contributed by atoms with E-state index in [0.29, 0.717) is 22.6 Å². The average molecular weight is 595 g/mol. The van der Waals surface area contributed by atoms with Crippen LogP contribution in [0.25, 0.3) is 22.3 Å². The van der Waals surface area contributed by atoms with Gasteiger partial charge < -0.3 is 4.74 Å². The zero-order chi connectivity index (χ0) is 30.6. The Balaban J connectivity index is 1.35. The van der Waals surface area contributed by atoms with Crippen LogP contribution >= 0.6 is 0 Å². The number of hydrogen-bond donors (Lipinski definition) is 0. The molecule has 1 saturated carbocycles. The number of rotatable bonds is 15. The van der Waals surface area contributed by atoms with Crippen molar-refractivity contribution in [3.05, 3.63) is 89.5 Å². The van der Waals surface area contributed by atoms with E-state index in [-0.39, 0.29) is 29.4 Å². The van der Waals surface area contributed by atoms with Crippen LogP contribution in [0.1, 0.15) is 109 Å². The third-order valence-electron chi connectivity index (χ3n) is 8.91. The van der Waals surface area contributed by atoms with E-state index in [1.807, 2.05) is 13.0 Å². The van der Waals surface area contributed by atoms with Crippen molar-refractivity contribution in [2.24, 2.45) is 5.92 Å². The van der Waals surface area contributed by atoms with E-state index in [1.54, 1.807) is 42.5 Å². The molecule has 0 radical (unpaired) electrons. The fourth-order valence-electron chi connectivity index (χ4n) is 6.32. The number of halogens is 4. The third kappa shape index (κ3) is 8.74. The SMILES string of the molecule is CC/C=C/COc1ccc(-c2ccc(-c3ccc(C4CCC(CCCCCCCCC)CC4)c(F)c3F)cc2)c(F)c1F. The van der Waals surface area contributed by atoms with Crippen LogP contribution in [-0.2, 0) is 0 Å². The quantitative estimate of drug-likeness (QED) is 0.0966. The Morgan fingerprint density at radius 2 is 1.21 bits per heavy atom. The minimum atomic E-state index is -1.05. The van der Waals surface area contributed by atoms with Crippen molar-refractivity contribution < 1.29 is 22.3 Å². The Bertz CT molecular complexity index is 1320. The van der Waals surface area contributed by atoms with Gasteiger partial charge in [-0.1, -0.05) is 114 Å². The van der Waals surface area contributed by atoms with E-state index in [2.05, 4.69) is 6.92 Å². The summed E-state index contributed by atoms with van der Waals surface area (Å²) in [6.07, 6.45) is 18.8. The van der Waals surface area contributed by atoms with Gasteiger partial charge in [-0.25, -0.2) is 13.2 Å². The first-order valence-electron chi connectivity index (χ1n) is 16.3. The maximum Gasteiger partial charge on any atom is 0.201 e. The van der Waals surface area contributed by atoms with Gasteiger partial charge in [-0.3, -0.25) is 0 Å². The summed E-state index contributed by atoms with van der Waals surface area (Å²) in [5.74, 6) is -3.10. The summed E-state index contributed by atoms with van der Waals surface area (Å²) in [6, 6.07) is 12.6. The van der Waals surface area contributed by atoms with E-state index in [0.717, 1.165) is 32.1 Å². The Hall–Kier alpha value is -3.08. The van der Waals surface area contributed by atoms with Gasteiger partial charge in [0.1, 0.15) is 6.61 Å². The Kier molecular flexibility index (Phi) is 12.7. The highest BCUT2D eigenvalue weighted by molar-refractivity contribution is 5.72. The summed E-state index contributed by atoms with van der Waals surface area (Å²) in [6.45, 7) is 4.37. The average Bonchev–Trinajstić information content (AvgIpc) is 3.03. The number of allylic oxidation sites excluding steroid dienone is 1. The zero-order valence-corrected chi connectivity index (χ0v) is 25.7. The molecule has 0 amide bonds. The number of unbranched alkanes of at least 4 members (excludes halogenated alkanes) is 6. The van der Waals surface area contributed by atoms with Crippen LogP contribution in [0.4, 0.5) is 17.6 Å². The molecule has 0 heterocycles. The molecule has 0 aliphatic heterocycles. The summed E-state index contributed by atoms with van der Waals surface area (Å²) < 4.78 is 65.5. The Labute approximate surface area is 255 Å². The van der Waals surface area contributed by atoms with Gasteiger partial charge in [0.05, 0.1) is 0 Å². The van der Waals surface area contributed by atoms with E-state index < -0.39 is 23.3 Å². The van der Waals surface area contributed by atoms with Crippen LogP contribution in [0, 0.1) is 29.2 Å². The Morgan fingerprint density at radius 3 is 1.84 bits per heavy atom. The lowest BCUT2D eigenvalue weighted by atomic mass is 9.76. The molecule has 1 nitrogen and oxygen atoms in total. The first-order valence-corrected chi connectivity index (χ1v) is 16.3. The highest BCUT2D eigenvalue weighted by atomic mass is 19.2. The zero-order valence-electron chi connectivity index (χ0n) is 25.7. The van der Waals surface area contributed by atoms with Gasteiger partial charge in [0.15, 0.2) is 23.2 Å². The lowest BCUT2D eigenvalue weighted by Crippen LogP contribution is -2.15. The first-order chi connectivity index (χ1) is 20.9. The maximum atomic E-state index is 15.3. The normalized spacial score (nSPS) is 17.1. The van der Waals surface area contributed by atoms with Crippen LogP contribution in [0.5, 0.6) is 5.75 Å². The van der Waals surface area contributed by atoms with Crippen LogP contribution in [-0.4, -0.2) is 6.61 Å². The van der Waals surface area contributed by atoms with Gasteiger partial charge in [-0.05, 0) is 72.8 Å².